The number of carbonyl (C=O) groups excluding carboxylic acids is 1. The monoisotopic (exact) mass is 423 g/mol. The average molecular weight is 423 g/mol. The summed E-state index contributed by atoms with van der Waals surface area (Å²) in [5.41, 5.74) is 6.92. The van der Waals surface area contributed by atoms with E-state index in [4.69, 9.17) is 20.2 Å². The van der Waals surface area contributed by atoms with Gasteiger partial charge in [-0.15, -0.1) is 0 Å². The van der Waals surface area contributed by atoms with Crippen LogP contribution in [0.15, 0.2) is 47.3 Å². The van der Waals surface area contributed by atoms with Gasteiger partial charge in [-0.1, -0.05) is 12.1 Å². The van der Waals surface area contributed by atoms with Crippen molar-refractivity contribution in [3.05, 3.63) is 64.2 Å². The van der Waals surface area contributed by atoms with Crippen LogP contribution >= 0.6 is 0 Å². The summed E-state index contributed by atoms with van der Waals surface area (Å²) in [6, 6.07) is 13.2. The molecular formula is C23H27N4O4+. The van der Waals surface area contributed by atoms with Gasteiger partial charge in [0, 0.05) is 18.9 Å². The number of ether oxygens (including phenoxy) is 2. The zero-order chi connectivity index (χ0) is 22.0. The maximum Gasteiger partial charge on any atom is 0.262 e. The molecule has 1 aromatic heterocycles. The molecule has 31 heavy (non-hydrogen) atoms. The van der Waals surface area contributed by atoms with Crippen LogP contribution in [0, 0.1) is 0 Å². The second kappa shape index (κ2) is 8.77. The van der Waals surface area contributed by atoms with Crippen LogP contribution in [0.5, 0.6) is 11.5 Å². The van der Waals surface area contributed by atoms with E-state index in [1.54, 1.807) is 26.4 Å². The molecule has 8 nitrogen and oxygen atoms in total. The van der Waals surface area contributed by atoms with Gasteiger partial charge in [0.1, 0.15) is 30.6 Å². The second-order valence-electron chi connectivity index (χ2n) is 7.79. The summed E-state index contributed by atoms with van der Waals surface area (Å²) in [4.78, 5) is 30.7. The number of hydrogen-bond acceptors (Lipinski definition) is 5. The summed E-state index contributed by atoms with van der Waals surface area (Å²) in [5.74, 6) is 1.53. The van der Waals surface area contributed by atoms with Crippen molar-refractivity contribution in [3.63, 3.8) is 0 Å². The third-order valence-electron chi connectivity index (χ3n) is 5.94. The van der Waals surface area contributed by atoms with E-state index in [1.165, 1.54) is 9.47 Å². The lowest BCUT2D eigenvalue weighted by atomic mass is 10.0. The smallest absolute Gasteiger partial charge is 0.262 e. The molecule has 8 heteroatoms. The summed E-state index contributed by atoms with van der Waals surface area (Å²) in [6.45, 7) is 1.25. The molecule has 1 aliphatic heterocycles. The lowest BCUT2D eigenvalue weighted by Gasteiger charge is -2.24. The Labute approximate surface area is 180 Å². The largest absolute Gasteiger partial charge is 0.497 e. The SMILES string of the molecule is COc1ccc([C@H]2CCC[NH+]2Cc2nc3ccccc3c(=O)n2CC(N)=O)c(OC)c1. The number of hydrogen-bond donors (Lipinski definition) is 2. The van der Waals surface area contributed by atoms with Gasteiger partial charge in [0.05, 0.1) is 37.2 Å². The lowest BCUT2D eigenvalue weighted by molar-refractivity contribution is -0.932. The van der Waals surface area contributed by atoms with Gasteiger partial charge < -0.3 is 20.1 Å². The number of para-hydroxylation sites is 1. The number of rotatable bonds is 7. The zero-order valence-electron chi connectivity index (χ0n) is 17.8. The number of likely N-dealkylation sites (tertiary alicyclic amines) is 1. The van der Waals surface area contributed by atoms with Gasteiger partial charge in [-0.05, 0) is 24.3 Å². The van der Waals surface area contributed by atoms with Crippen molar-refractivity contribution in [1.29, 1.82) is 0 Å². The molecule has 0 saturated carbocycles. The molecule has 1 aliphatic rings. The number of aromatic nitrogens is 2. The van der Waals surface area contributed by atoms with Crippen LogP contribution in [0.4, 0.5) is 0 Å². The highest BCUT2D eigenvalue weighted by Gasteiger charge is 2.33. The number of benzene rings is 2. The Morgan fingerprint density at radius 2 is 2.03 bits per heavy atom. The van der Waals surface area contributed by atoms with Crippen LogP contribution in [-0.4, -0.2) is 36.2 Å². The molecule has 1 saturated heterocycles. The molecule has 0 spiro atoms. The standard InChI is InChI=1S/C23H26N4O4/c1-30-15-9-10-17(20(12-15)31-2)19-8-5-11-26(19)14-22-25-18-7-4-3-6-16(18)23(29)27(22)13-21(24)28/h3-4,6-7,9-10,12,19H,5,8,11,13-14H2,1-2H3,(H2,24,28)/p+1/t19-/m1/s1. The highest BCUT2D eigenvalue weighted by atomic mass is 16.5. The first-order chi connectivity index (χ1) is 15.0. The number of fused-ring (bicyclic) bond motifs is 1. The third kappa shape index (κ3) is 4.11. The molecular weight excluding hydrogens is 396 g/mol. The normalized spacial score (nSPS) is 18.3. The van der Waals surface area contributed by atoms with E-state index < -0.39 is 5.91 Å². The van der Waals surface area contributed by atoms with Crippen molar-refractivity contribution >= 4 is 16.8 Å². The first kappa shape index (κ1) is 20.9. The fraction of sp³-hybridized carbons (Fsp3) is 0.348. The Morgan fingerprint density at radius 1 is 1.23 bits per heavy atom. The second-order valence-corrected chi connectivity index (χ2v) is 7.79. The Morgan fingerprint density at radius 3 is 2.77 bits per heavy atom. The van der Waals surface area contributed by atoms with E-state index in [0.29, 0.717) is 23.3 Å². The zero-order valence-corrected chi connectivity index (χ0v) is 17.8. The van der Waals surface area contributed by atoms with E-state index in [9.17, 15) is 9.59 Å². The molecule has 2 atom stereocenters. The molecule has 4 rings (SSSR count). The predicted octanol–water partition coefficient (Wildman–Crippen LogP) is 0.819. The number of nitrogens with one attached hydrogen (secondary N) is 1. The highest BCUT2D eigenvalue weighted by molar-refractivity contribution is 5.78. The van der Waals surface area contributed by atoms with E-state index in [1.807, 2.05) is 30.3 Å². The van der Waals surface area contributed by atoms with Crippen LogP contribution in [0.1, 0.15) is 30.3 Å². The van der Waals surface area contributed by atoms with Crippen LogP contribution in [0.3, 0.4) is 0 Å². The number of amides is 1. The molecule has 0 aliphatic carbocycles. The van der Waals surface area contributed by atoms with Gasteiger partial charge in [0.15, 0.2) is 5.82 Å². The van der Waals surface area contributed by atoms with Gasteiger partial charge in [-0.25, -0.2) is 4.98 Å². The predicted molar refractivity (Wildman–Crippen MR) is 116 cm³/mol. The summed E-state index contributed by atoms with van der Waals surface area (Å²) >= 11 is 0. The number of nitrogens with zero attached hydrogens (tertiary/aromatic N) is 2. The van der Waals surface area contributed by atoms with E-state index in [-0.39, 0.29) is 18.1 Å². The molecule has 2 heterocycles. The molecule has 2 aromatic carbocycles. The summed E-state index contributed by atoms with van der Waals surface area (Å²) < 4.78 is 12.4. The van der Waals surface area contributed by atoms with Gasteiger partial charge in [0.2, 0.25) is 5.91 Å². The van der Waals surface area contributed by atoms with E-state index in [2.05, 4.69) is 0 Å². The Bertz CT molecular complexity index is 1170. The van der Waals surface area contributed by atoms with Crippen LogP contribution in [0.2, 0.25) is 0 Å². The number of nitrogens with two attached hydrogens (primary N) is 1. The maximum absolute atomic E-state index is 13.1. The topological polar surface area (TPSA) is 101 Å². The quantitative estimate of drug-likeness (QED) is 0.586. The van der Waals surface area contributed by atoms with Crippen LogP contribution in [-0.2, 0) is 17.9 Å². The van der Waals surface area contributed by atoms with Crippen molar-refractivity contribution in [2.45, 2.75) is 32.0 Å². The van der Waals surface area contributed by atoms with Crippen molar-refractivity contribution < 1.29 is 19.2 Å². The maximum atomic E-state index is 13.1. The number of quaternary nitrogens is 1. The van der Waals surface area contributed by atoms with E-state index in [0.717, 1.165) is 36.4 Å². The molecule has 162 valence electrons. The van der Waals surface area contributed by atoms with Gasteiger partial charge in [-0.3, -0.25) is 14.2 Å². The number of primary amides is 1. The first-order valence-electron chi connectivity index (χ1n) is 10.3. The van der Waals surface area contributed by atoms with Crippen LogP contribution in [0.25, 0.3) is 10.9 Å². The lowest BCUT2D eigenvalue weighted by Crippen LogP contribution is -3.09. The Balaban J connectivity index is 1.73. The van der Waals surface area contributed by atoms with Crippen molar-refractivity contribution in [2.24, 2.45) is 5.73 Å². The summed E-state index contributed by atoms with van der Waals surface area (Å²) in [5, 5.41) is 0.484. The van der Waals surface area contributed by atoms with Gasteiger partial charge in [0.25, 0.3) is 5.56 Å². The van der Waals surface area contributed by atoms with Gasteiger partial charge in [-0.2, -0.15) is 0 Å². The molecule has 0 bridgehead atoms. The molecule has 3 N–H and O–H groups in total. The van der Waals surface area contributed by atoms with Crippen molar-refractivity contribution in [3.8, 4) is 11.5 Å². The number of carbonyl (C=O) groups is 1. The molecule has 3 aromatic rings. The van der Waals surface area contributed by atoms with Crippen molar-refractivity contribution in [1.82, 2.24) is 9.55 Å². The fourth-order valence-electron chi connectivity index (χ4n) is 4.48. The van der Waals surface area contributed by atoms with E-state index >= 15 is 0 Å². The van der Waals surface area contributed by atoms with Crippen molar-refractivity contribution in [2.75, 3.05) is 20.8 Å². The minimum Gasteiger partial charge on any atom is -0.497 e. The minimum absolute atomic E-state index is 0.185. The summed E-state index contributed by atoms with van der Waals surface area (Å²) in [6.07, 6.45) is 2.04. The number of methoxy groups -OCH3 is 2. The average Bonchev–Trinajstić information content (AvgIpc) is 3.23. The van der Waals surface area contributed by atoms with Crippen LogP contribution < -0.4 is 25.7 Å². The van der Waals surface area contributed by atoms with Gasteiger partial charge >= 0.3 is 0 Å². The molecule has 0 radical (unpaired) electrons. The Hall–Kier alpha value is -3.39. The molecule has 1 unspecified atom stereocenters. The third-order valence-corrected chi connectivity index (χ3v) is 5.94. The first-order valence-corrected chi connectivity index (χ1v) is 10.3. The summed E-state index contributed by atoms with van der Waals surface area (Å²) in [7, 11) is 3.28. The molecule has 1 fully saturated rings. The highest BCUT2D eigenvalue weighted by Crippen LogP contribution is 2.31. The Kier molecular flexibility index (Phi) is 5.90. The fourth-order valence-corrected chi connectivity index (χ4v) is 4.48. The molecule has 1 amide bonds. The minimum atomic E-state index is -0.565.